The maximum atomic E-state index is 8.94. The summed E-state index contributed by atoms with van der Waals surface area (Å²) in [6.07, 6.45) is 10.2. The minimum atomic E-state index is -0.144. The molecule has 10 heteroatoms. The Kier molecular flexibility index (Phi) is 12.0. The van der Waals surface area contributed by atoms with Crippen LogP contribution in [0.25, 0.3) is 0 Å². The first-order valence-electron chi connectivity index (χ1n) is 13.6. The maximum Gasteiger partial charge on any atom is 0.208 e. The molecule has 3 aliphatic rings. The van der Waals surface area contributed by atoms with E-state index in [0.29, 0.717) is 23.5 Å². The van der Waals surface area contributed by atoms with Crippen LogP contribution < -0.4 is 22.1 Å². The third-order valence-corrected chi connectivity index (χ3v) is 7.49. The van der Waals surface area contributed by atoms with Crippen molar-refractivity contribution < 1.29 is 9.94 Å². The molecule has 0 radical (unpaired) electrons. The molecule has 0 spiro atoms. The Labute approximate surface area is 217 Å². The number of nitrogens with two attached hydrogens (primary N) is 2. The molecule has 2 saturated carbocycles. The maximum absolute atomic E-state index is 8.94. The van der Waals surface area contributed by atoms with Crippen molar-refractivity contribution in [2.45, 2.75) is 90.7 Å². The molecule has 0 unspecified atom stereocenters. The first-order valence-corrected chi connectivity index (χ1v) is 13.6. The van der Waals surface area contributed by atoms with Crippen molar-refractivity contribution in [2.24, 2.45) is 22.7 Å². The molecule has 1 aliphatic heterocycles. The number of methoxy groups -OCH3 is 1. The van der Waals surface area contributed by atoms with Crippen LogP contribution in [-0.2, 0) is 4.74 Å². The second-order valence-electron chi connectivity index (χ2n) is 10.5. The van der Waals surface area contributed by atoms with Gasteiger partial charge in [-0.3, -0.25) is 0 Å². The number of anilines is 3. The first kappa shape index (κ1) is 29.9. The molecular weight excluding hydrogens is 456 g/mol. The van der Waals surface area contributed by atoms with E-state index in [4.69, 9.17) is 21.4 Å². The van der Waals surface area contributed by atoms with Gasteiger partial charge in [0, 0.05) is 32.8 Å². The normalized spacial score (nSPS) is 21.0. The highest BCUT2D eigenvalue weighted by atomic mass is 16.5. The number of nitrogens with zero attached hydrogens (tertiary/aromatic N) is 4. The van der Waals surface area contributed by atoms with Crippen LogP contribution in [0.3, 0.4) is 0 Å². The first-order chi connectivity index (χ1) is 17.2. The molecule has 2 aliphatic carbocycles. The van der Waals surface area contributed by atoms with Gasteiger partial charge < -0.3 is 36.9 Å². The number of likely N-dealkylation sites (N-methyl/N-ethyl adjacent to an activating group) is 1. The Morgan fingerprint density at radius 1 is 1.17 bits per heavy atom. The fourth-order valence-electron chi connectivity index (χ4n) is 5.05. The van der Waals surface area contributed by atoms with Crippen LogP contribution in [0.5, 0.6) is 0 Å². The summed E-state index contributed by atoms with van der Waals surface area (Å²) < 4.78 is 5.20. The van der Waals surface area contributed by atoms with E-state index in [9.17, 15) is 0 Å². The minimum absolute atomic E-state index is 0.136. The monoisotopic (exact) mass is 506 g/mol. The van der Waals surface area contributed by atoms with Gasteiger partial charge in [0.1, 0.15) is 5.69 Å². The quantitative estimate of drug-likeness (QED) is 0.152. The van der Waals surface area contributed by atoms with E-state index in [0.717, 1.165) is 25.3 Å². The van der Waals surface area contributed by atoms with E-state index in [2.05, 4.69) is 51.6 Å². The number of likely N-dealkylation sites (tertiary alicyclic amines) is 1. The molecule has 36 heavy (non-hydrogen) atoms. The van der Waals surface area contributed by atoms with Crippen molar-refractivity contribution >= 4 is 23.2 Å². The Hall–Kier alpha value is -2.33. The summed E-state index contributed by atoms with van der Waals surface area (Å²) in [5.74, 6) is 2.25. The molecule has 1 aromatic rings. The van der Waals surface area contributed by atoms with Crippen LogP contribution in [0.15, 0.2) is 5.16 Å². The van der Waals surface area contributed by atoms with E-state index in [1.54, 1.807) is 7.11 Å². The number of ether oxygens (including phenoxy) is 1. The highest BCUT2D eigenvalue weighted by molar-refractivity contribution is 5.95. The number of aromatic nitrogens is 2. The third-order valence-electron chi connectivity index (χ3n) is 7.49. The van der Waals surface area contributed by atoms with Crippen LogP contribution in [0.2, 0.25) is 0 Å². The van der Waals surface area contributed by atoms with E-state index < -0.39 is 0 Å². The number of rotatable bonds is 8. The molecule has 10 nitrogen and oxygen atoms in total. The SMILES string of the molecule is CC.COC1(C)CN(C)C1.C[C@@H](Nc1nc(/C(N)=N/O)nc(N)c1NCC1CCCCC1)C1CCC1. The molecule has 3 fully saturated rings. The number of nitrogens with one attached hydrogen (secondary N) is 2. The van der Waals surface area contributed by atoms with E-state index >= 15 is 0 Å². The number of amidine groups is 1. The summed E-state index contributed by atoms with van der Waals surface area (Å²) >= 11 is 0. The summed E-state index contributed by atoms with van der Waals surface area (Å²) in [7, 11) is 3.87. The van der Waals surface area contributed by atoms with Gasteiger partial charge in [0.15, 0.2) is 11.6 Å². The summed E-state index contributed by atoms with van der Waals surface area (Å²) in [5, 5.41) is 18.9. The topological polar surface area (TPSA) is 147 Å². The van der Waals surface area contributed by atoms with E-state index in [-0.39, 0.29) is 23.3 Å². The average molecular weight is 507 g/mol. The molecule has 0 amide bonds. The lowest BCUT2D eigenvalue weighted by atomic mass is 9.80. The molecule has 0 aromatic carbocycles. The summed E-state index contributed by atoms with van der Waals surface area (Å²) in [4.78, 5) is 10.9. The van der Waals surface area contributed by atoms with Crippen LogP contribution >= 0.6 is 0 Å². The Balaban J connectivity index is 0.000000384. The predicted octanol–water partition coefficient (Wildman–Crippen LogP) is 4.11. The highest BCUT2D eigenvalue weighted by Gasteiger charge is 2.35. The predicted molar refractivity (Wildman–Crippen MR) is 149 cm³/mol. The van der Waals surface area contributed by atoms with Crippen LogP contribution in [0.1, 0.15) is 84.9 Å². The molecule has 206 valence electrons. The zero-order valence-electron chi connectivity index (χ0n) is 23.3. The van der Waals surface area contributed by atoms with Gasteiger partial charge >= 0.3 is 0 Å². The van der Waals surface area contributed by atoms with Gasteiger partial charge in [-0.05, 0) is 58.4 Å². The number of hydrogen-bond acceptors (Lipinski definition) is 9. The minimum Gasteiger partial charge on any atom is -0.409 e. The fourth-order valence-corrected chi connectivity index (χ4v) is 5.05. The standard InChI is InChI=1S/C18H31N7O.C6H13NO.C2H6/c1-11(13-8-5-9-13)22-17-14(21-10-12-6-3-2-4-7-12)15(19)23-18(24-17)16(20)25-26;1-6(8-3)4-7(2)5-6;1-2/h11-13,21,26H,2-10H2,1H3,(H2,20,25)(H3,19,22,23,24);4-5H2,1-3H3;1-2H3/t11-;;/m1../s1. The second kappa shape index (κ2) is 14.4. The van der Waals surface area contributed by atoms with Gasteiger partial charge in [0.05, 0.1) is 5.60 Å². The summed E-state index contributed by atoms with van der Waals surface area (Å²) in [6, 6.07) is 0.286. The molecule has 4 rings (SSSR count). The van der Waals surface area contributed by atoms with Crippen LogP contribution in [0, 0.1) is 11.8 Å². The highest BCUT2D eigenvalue weighted by Crippen LogP contribution is 2.34. The van der Waals surface area contributed by atoms with Gasteiger partial charge in [-0.25, -0.2) is 9.97 Å². The van der Waals surface area contributed by atoms with Crippen molar-refractivity contribution in [3.8, 4) is 0 Å². The second-order valence-corrected chi connectivity index (χ2v) is 10.5. The van der Waals surface area contributed by atoms with Crippen molar-refractivity contribution in [1.29, 1.82) is 0 Å². The molecule has 1 aromatic heterocycles. The van der Waals surface area contributed by atoms with Crippen molar-refractivity contribution in [2.75, 3.05) is 50.2 Å². The molecule has 0 bridgehead atoms. The Bertz CT molecular complexity index is 818. The summed E-state index contributed by atoms with van der Waals surface area (Å²) in [6.45, 7) is 11.3. The number of hydrogen-bond donors (Lipinski definition) is 5. The van der Waals surface area contributed by atoms with Crippen LogP contribution in [-0.4, -0.2) is 71.3 Å². The molecular formula is C26H50N8O2. The van der Waals surface area contributed by atoms with Crippen molar-refractivity contribution in [3.63, 3.8) is 0 Å². The molecule has 2 heterocycles. The zero-order chi connectivity index (χ0) is 26.7. The average Bonchev–Trinajstić information content (AvgIpc) is 2.83. The summed E-state index contributed by atoms with van der Waals surface area (Å²) in [5.41, 5.74) is 12.7. The largest absolute Gasteiger partial charge is 0.409 e. The van der Waals surface area contributed by atoms with Crippen molar-refractivity contribution in [3.05, 3.63) is 5.82 Å². The lowest BCUT2D eigenvalue weighted by Crippen LogP contribution is -2.58. The lowest BCUT2D eigenvalue weighted by Gasteiger charge is -2.44. The van der Waals surface area contributed by atoms with Crippen LogP contribution in [0.4, 0.5) is 17.3 Å². The van der Waals surface area contributed by atoms with Gasteiger partial charge in [0.25, 0.3) is 0 Å². The zero-order valence-corrected chi connectivity index (χ0v) is 23.3. The van der Waals surface area contributed by atoms with Gasteiger partial charge in [0.2, 0.25) is 11.7 Å². The Morgan fingerprint density at radius 3 is 2.28 bits per heavy atom. The fraction of sp³-hybridized carbons (Fsp3) is 0.808. The van der Waals surface area contributed by atoms with Gasteiger partial charge in [-0.15, -0.1) is 0 Å². The van der Waals surface area contributed by atoms with Crippen molar-refractivity contribution in [1.82, 2.24) is 14.9 Å². The van der Waals surface area contributed by atoms with E-state index in [1.807, 2.05) is 13.8 Å². The van der Waals surface area contributed by atoms with E-state index in [1.165, 1.54) is 51.4 Å². The molecule has 1 atom stereocenters. The smallest absolute Gasteiger partial charge is 0.208 e. The molecule has 1 saturated heterocycles. The van der Waals surface area contributed by atoms with Gasteiger partial charge in [-0.1, -0.05) is 44.7 Å². The number of nitrogen functional groups attached to an aromatic ring is 1. The Morgan fingerprint density at radius 2 is 1.81 bits per heavy atom. The lowest BCUT2D eigenvalue weighted by molar-refractivity contribution is -0.100. The molecule has 7 N–H and O–H groups in total. The van der Waals surface area contributed by atoms with Gasteiger partial charge in [-0.2, -0.15) is 0 Å². The number of oxime groups is 1. The third kappa shape index (κ3) is 8.37.